The Morgan fingerprint density at radius 2 is 1.69 bits per heavy atom. The predicted molar refractivity (Wildman–Crippen MR) is 107 cm³/mol. The number of amides is 1. The lowest BCUT2D eigenvalue weighted by atomic mass is 10.1. The van der Waals surface area contributed by atoms with Crippen LogP contribution in [-0.2, 0) is 4.79 Å². The fourth-order valence-electron chi connectivity index (χ4n) is 2.54. The minimum atomic E-state index is -0.271. The smallest absolute Gasteiger partial charge is 0.237 e. The highest BCUT2D eigenvalue weighted by molar-refractivity contribution is 8.00. The van der Waals surface area contributed by atoms with Gasteiger partial charge in [0.05, 0.1) is 10.9 Å². The van der Waals surface area contributed by atoms with Gasteiger partial charge in [-0.05, 0) is 38.5 Å². The Bertz CT molecular complexity index is 912. The SMILES string of the molecule is Cc1nc(SC(C)C(=O)Nc2ccccc2C)cc(-c2ccccc2)n1. The molecule has 0 fully saturated rings. The van der Waals surface area contributed by atoms with Crippen LogP contribution in [0.25, 0.3) is 11.3 Å². The number of nitrogens with one attached hydrogen (secondary N) is 1. The summed E-state index contributed by atoms with van der Waals surface area (Å²) in [4.78, 5) is 21.5. The van der Waals surface area contributed by atoms with Crippen LogP contribution in [0, 0.1) is 13.8 Å². The van der Waals surface area contributed by atoms with Crippen molar-refractivity contribution in [1.29, 1.82) is 0 Å². The lowest BCUT2D eigenvalue weighted by Crippen LogP contribution is -2.23. The van der Waals surface area contributed by atoms with Gasteiger partial charge in [-0.3, -0.25) is 4.79 Å². The van der Waals surface area contributed by atoms with Crippen LogP contribution < -0.4 is 5.32 Å². The molecule has 3 aromatic rings. The van der Waals surface area contributed by atoms with Gasteiger partial charge in [0.1, 0.15) is 10.9 Å². The molecule has 4 nitrogen and oxygen atoms in total. The zero-order valence-electron chi connectivity index (χ0n) is 15.1. The normalized spacial score (nSPS) is 11.8. The first kappa shape index (κ1) is 18.1. The van der Waals surface area contributed by atoms with Crippen LogP contribution in [0.15, 0.2) is 65.7 Å². The Morgan fingerprint density at radius 3 is 2.42 bits per heavy atom. The van der Waals surface area contributed by atoms with Crippen molar-refractivity contribution in [3.8, 4) is 11.3 Å². The van der Waals surface area contributed by atoms with E-state index in [1.165, 1.54) is 11.8 Å². The van der Waals surface area contributed by atoms with Crippen molar-refractivity contribution in [2.45, 2.75) is 31.0 Å². The molecule has 1 unspecified atom stereocenters. The number of rotatable bonds is 5. The number of anilines is 1. The molecule has 0 bridgehead atoms. The number of para-hydroxylation sites is 1. The minimum absolute atomic E-state index is 0.0400. The number of hydrogen-bond donors (Lipinski definition) is 1. The summed E-state index contributed by atoms with van der Waals surface area (Å²) in [5.74, 6) is 0.655. The molecule has 2 aromatic carbocycles. The second kappa shape index (κ2) is 8.15. The van der Waals surface area contributed by atoms with E-state index in [1.54, 1.807) is 0 Å². The van der Waals surface area contributed by atoms with Crippen LogP contribution in [0.2, 0.25) is 0 Å². The molecule has 1 aromatic heterocycles. The van der Waals surface area contributed by atoms with Gasteiger partial charge in [0, 0.05) is 11.3 Å². The number of carbonyl (C=O) groups is 1. The summed E-state index contributed by atoms with van der Waals surface area (Å²) in [6.07, 6.45) is 0. The van der Waals surface area contributed by atoms with Crippen molar-refractivity contribution in [1.82, 2.24) is 9.97 Å². The summed E-state index contributed by atoms with van der Waals surface area (Å²) in [7, 11) is 0. The van der Waals surface area contributed by atoms with Gasteiger partial charge in [-0.25, -0.2) is 9.97 Å². The van der Waals surface area contributed by atoms with Crippen molar-refractivity contribution >= 4 is 23.4 Å². The maximum atomic E-state index is 12.5. The lowest BCUT2D eigenvalue weighted by molar-refractivity contribution is -0.115. The molecule has 1 amide bonds. The highest BCUT2D eigenvalue weighted by Crippen LogP contribution is 2.27. The third-order valence-electron chi connectivity index (χ3n) is 3.95. The van der Waals surface area contributed by atoms with E-state index in [0.29, 0.717) is 5.82 Å². The van der Waals surface area contributed by atoms with E-state index in [4.69, 9.17) is 0 Å². The Balaban J connectivity index is 1.75. The van der Waals surface area contributed by atoms with Crippen LogP contribution >= 0.6 is 11.8 Å². The minimum Gasteiger partial charge on any atom is -0.325 e. The second-order valence-electron chi connectivity index (χ2n) is 6.07. The molecule has 0 saturated carbocycles. The molecule has 0 aliphatic carbocycles. The van der Waals surface area contributed by atoms with E-state index in [-0.39, 0.29) is 11.2 Å². The standard InChI is InChI=1S/C21H21N3OS/c1-14-9-7-8-12-18(14)24-21(25)15(2)26-20-13-19(22-16(3)23-20)17-10-5-4-6-11-17/h4-13,15H,1-3H3,(H,24,25). The number of benzene rings is 2. The van der Waals surface area contributed by atoms with Gasteiger partial charge in [-0.1, -0.05) is 60.3 Å². The number of aryl methyl sites for hydroxylation is 2. The van der Waals surface area contributed by atoms with Crippen LogP contribution in [0.3, 0.4) is 0 Å². The van der Waals surface area contributed by atoms with Gasteiger partial charge in [-0.2, -0.15) is 0 Å². The number of aromatic nitrogens is 2. The van der Waals surface area contributed by atoms with Crippen LogP contribution in [0.4, 0.5) is 5.69 Å². The molecular formula is C21H21N3OS. The average Bonchev–Trinajstić information content (AvgIpc) is 2.64. The van der Waals surface area contributed by atoms with Crippen molar-refractivity contribution < 1.29 is 4.79 Å². The topological polar surface area (TPSA) is 54.9 Å². The Morgan fingerprint density at radius 1 is 1.00 bits per heavy atom. The highest BCUT2D eigenvalue weighted by atomic mass is 32.2. The summed E-state index contributed by atoms with van der Waals surface area (Å²) < 4.78 is 0. The third kappa shape index (κ3) is 4.49. The number of nitrogens with zero attached hydrogens (tertiary/aromatic N) is 2. The molecule has 3 rings (SSSR count). The summed E-state index contributed by atoms with van der Waals surface area (Å²) >= 11 is 1.44. The summed E-state index contributed by atoms with van der Waals surface area (Å²) in [6, 6.07) is 19.7. The van der Waals surface area contributed by atoms with Gasteiger partial charge in [-0.15, -0.1) is 0 Å². The van der Waals surface area contributed by atoms with E-state index in [0.717, 1.165) is 27.5 Å². The summed E-state index contributed by atoms with van der Waals surface area (Å²) in [6.45, 7) is 5.74. The Labute approximate surface area is 158 Å². The quantitative estimate of drug-likeness (QED) is 0.518. The Hall–Kier alpha value is -2.66. The monoisotopic (exact) mass is 363 g/mol. The zero-order chi connectivity index (χ0) is 18.5. The zero-order valence-corrected chi connectivity index (χ0v) is 15.9. The van der Waals surface area contributed by atoms with E-state index in [2.05, 4.69) is 15.3 Å². The molecule has 1 atom stereocenters. The van der Waals surface area contributed by atoms with Crippen LogP contribution in [-0.4, -0.2) is 21.1 Å². The largest absolute Gasteiger partial charge is 0.325 e. The van der Waals surface area contributed by atoms with E-state index >= 15 is 0 Å². The van der Waals surface area contributed by atoms with Gasteiger partial charge >= 0.3 is 0 Å². The molecule has 0 aliphatic rings. The molecule has 5 heteroatoms. The van der Waals surface area contributed by atoms with Crippen LogP contribution in [0.1, 0.15) is 18.3 Å². The van der Waals surface area contributed by atoms with Crippen molar-refractivity contribution in [2.75, 3.05) is 5.32 Å². The maximum absolute atomic E-state index is 12.5. The first-order valence-electron chi connectivity index (χ1n) is 8.47. The maximum Gasteiger partial charge on any atom is 0.237 e. The van der Waals surface area contributed by atoms with Gasteiger partial charge in [0.15, 0.2) is 0 Å². The fraction of sp³-hybridized carbons (Fsp3) is 0.190. The third-order valence-corrected chi connectivity index (χ3v) is 4.97. The van der Waals surface area contributed by atoms with Gasteiger partial charge in [0.2, 0.25) is 5.91 Å². The van der Waals surface area contributed by atoms with Crippen molar-refractivity contribution in [2.24, 2.45) is 0 Å². The summed E-state index contributed by atoms with van der Waals surface area (Å²) in [5, 5.41) is 3.51. The number of thioether (sulfide) groups is 1. The second-order valence-corrected chi connectivity index (χ2v) is 7.43. The lowest BCUT2D eigenvalue weighted by Gasteiger charge is -2.14. The molecule has 1 heterocycles. The van der Waals surface area contributed by atoms with E-state index in [1.807, 2.05) is 81.4 Å². The fourth-order valence-corrected chi connectivity index (χ4v) is 3.43. The Kier molecular flexibility index (Phi) is 5.68. The molecule has 132 valence electrons. The molecule has 0 saturated heterocycles. The average molecular weight is 363 g/mol. The van der Waals surface area contributed by atoms with Gasteiger partial charge < -0.3 is 5.32 Å². The number of carbonyl (C=O) groups excluding carboxylic acids is 1. The van der Waals surface area contributed by atoms with Gasteiger partial charge in [0.25, 0.3) is 0 Å². The molecule has 26 heavy (non-hydrogen) atoms. The van der Waals surface area contributed by atoms with E-state index < -0.39 is 0 Å². The molecule has 0 aliphatic heterocycles. The summed E-state index contributed by atoms with van der Waals surface area (Å²) in [5.41, 5.74) is 3.79. The molecular weight excluding hydrogens is 342 g/mol. The predicted octanol–water partition coefficient (Wildman–Crippen LogP) is 4.88. The molecule has 0 radical (unpaired) electrons. The molecule has 1 N–H and O–H groups in total. The van der Waals surface area contributed by atoms with Crippen molar-refractivity contribution in [3.05, 3.63) is 72.1 Å². The van der Waals surface area contributed by atoms with Crippen molar-refractivity contribution in [3.63, 3.8) is 0 Å². The molecule has 0 spiro atoms. The van der Waals surface area contributed by atoms with Crippen LogP contribution in [0.5, 0.6) is 0 Å². The first-order chi connectivity index (χ1) is 12.5. The number of hydrogen-bond acceptors (Lipinski definition) is 4. The van der Waals surface area contributed by atoms with E-state index in [9.17, 15) is 4.79 Å². The first-order valence-corrected chi connectivity index (χ1v) is 9.35. The highest BCUT2D eigenvalue weighted by Gasteiger charge is 2.17.